The zero-order valence-corrected chi connectivity index (χ0v) is 15.1. The highest BCUT2D eigenvalue weighted by Crippen LogP contribution is 2.31. The molecule has 2 aromatic heterocycles. The summed E-state index contributed by atoms with van der Waals surface area (Å²) in [6, 6.07) is 15.7. The number of rotatable bonds is 3. The van der Waals surface area contributed by atoms with Crippen LogP contribution in [0.1, 0.15) is 20.9 Å². The Morgan fingerprint density at radius 1 is 1.12 bits per heavy atom. The number of carbonyl (C=O) groups is 1. The third-order valence-electron chi connectivity index (χ3n) is 4.23. The second kappa shape index (κ2) is 6.38. The van der Waals surface area contributed by atoms with Crippen molar-refractivity contribution in [3.63, 3.8) is 0 Å². The van der Waals surface area contributed by atoms with Crippen LogP contribution in [0.4, 0.5) is 10.1 Å². The minimum absolute atomic E-state index is 0.148. The third-order valence-corrected chi connectivity index (χ3v) is 5.34. The van der Waals surface area contributed by atoms with Crippen molar-refractivity contribution in [3.8, 4) is 5.69 Å². The number of halogens is 1. The summed E-state index contributed by atoms with van der Waals surface area (Å²) in [6.07, 6.45) is 0. The summed E-state index contributed by atoms with van der Waals surface area (Å²) < 4.78 is 14.9. The molecular formula is C20H16FN3OS. The van der Waals surface area contributed by atoms with Crippen LogP contribution >= 0.6 is 11.3 Å². The van der Waals surface area contributed by atoms with Gasteiger partial charge >= 0.3 is 0 Å². The molecule has 26 heavy (non-hydrogen) atoms. The number of fused-ring (bicyclic) bond motifs is 1. The second-order valence-electron chi connectivity index (χ2n) is 6.07. The number of nitrogens with one attached hydrogen (secondary N) is 1. The third kappa shape index (κ3) is 2.88. The van der Waals surface area contributed by atoms with E-state index in [2.05, 4.69) is 10.4 Å². The zero-order valence-electron chi connectivity index (χ0n) is 14.3. The van der Waals surface area contributed by atoms with Crippen molar-refractivity contribution in [1.82, 2.24) is 9.78 Å². The molecule has 1 N–H and O–H groups in total. The summed E-state index contributed by atoms with van der Waals surface area (Å²) >= 11 is 1.37. The Morgan fingerprint density at radius 2 is 1.85 bits per heavy atom. The average Bonchev–Trinajstić information content (AvgIpc) is 3.19. The van der Waals surface area contributed by atoms with Crippen molar-refractivity contribution >= 4 is 33.1 Å². The Bertz CT molecular complexity index is 1110. The van der Waals surface area contributed by atoms with Gasteiger partial charge in [-0.2, -0.15) is 5.10 Å². The topological polar surface area (TPSA) is 46.9 Å². The molecule has 2 aromatic carbocycles. The molecule has 0 spiro atoms. The molecule has 0 aliphatic heterocycles. The minimum Gasteiger partial charge on any atom is -0.321 e. The monoisotopic (exact) mass is 365 g/mol. The number of amides is 1. The molecule has 6 heteroatoms. The van der Waals surface area contributed by atoms with Crippen molar-refractivity contribution in [2.75, 3.05) is 5.32 Å². The van der Waals surface area contributed by atoms with E-state index < -0.39 is 0 Å². The normalized spacial score (nSPS) is 11.0. The largest absolute Gasteiger partial charge is 0.321 e. The number of anilines is 1. The molecule has 0 radical (unpaired) electrons. The Hall–Kier alpha value is -2.99. The van der Waals surface area contributed by atoms with E-state index in [1.165, 1.54) is 23.5 Å². The van der Waals surface area contributed by atoms with E-state index in [0.29, 0.717) is 4.88 Å². The molecule has 4 aromatic rings. The SMILES string of the molecule is Cc1ccccc1NC(=O)c1cc2c(C)nn(-c3ccc(F)cc3)c2s1. The van der Waals surface area contributed by atoms with E-state index in [1.54, 1.807) is 16.8 Å². The number of aryl methyl sites for hydroxylation is 2. The van der Waals surface area contributed by atoms with E-state index in [0.717, 1.165) is 32.8 Å². The van der Waals surface area contributed by atoms with Crippen molar-refractivity contribution in [2.24, 2.45) is 0 Å². The van der Waals surface area contributed by atoms with E-state index >= 15 is 0 Å². The van der Waals surface area contributed by atoms with Gasteiger partial charge in [-0.3, -0.25) is 4.79 Å². The molecule has 0 bridgehead atoms. The Morgan fingerprint density at radius 3 is 2.58 bits per heavy atom. The maximum Gasteiger partial charge on any atom is 0.265 e. The van der Waals surface area contributed by atoms with Crippen molar-refractivity contribution in [2.45, 2.75) is 13.8 Å². The lowest BCUT2D eigenvalue weighted by atomic mass is 10.2. The molecule has 0 atom stereocenters. The van der Waals surface area contributed by atoms with Crippen LogP contribution in [0, 0.1) is 19.7 Å². The maximum absolute atomic E-state index is 13.2. The van der Waals surface area contributed by atoms with Crippen molar-refractivity contribution < 1.29 is 9.18 Å². The van der Waals surface area contributed by atoms with Gasteiger partial charge in [-0.05, 0) is 55.8 Å². The summed E-state index contributed by atoms with van der Waals surface area (Å²) in [6.45, 7) is 3.86. The number of nitrogens with zero attached hydrogens (tertiary/aromatic N) is 2. The molecule has 0 aliphatic rings. The number of aromatic nitrogens is 2. The highest BCUT2D eigenvalue weighted by atomic mass is 32.1. The first-order valence-electron chi connectivity index (χ1n) is 8.15. The van der Waals surface area contributed by atoms with Crippen LogP contribution < -0.4 is 5.32 Å². The number of carbonyl (C=O) groups excluding carboxylic acids is 1. The quantitative estimate of drug-likeness (QED) is 0.549. The highest BCUT2D eigenvalue weighted by molar-refractivity contribution is 7.20. The molecule has 1 amide bonds. The maximum atomic E-state index is 13.2. The van der Waals surface area contributed by atoms with Gasteiger partial charge in [0.15, 0.2) is 0 Å². The fourth-order valence-corrected chi connectivity index (χ4v) is 3.89. The summed E-state index contributed by atoms with van der Waals surface area (Å²) in [7, 11) is 0. The fraction of sp³-hybridized carbons (Fsp3) is 0.100. The molecule has 0 unspecified atom stereocenters. The standard InChI is InChI=1S/C20H16FN3OS/c1-12-5-3-4-6-17(12)22-19(25)18-11-16-13(2)23-24(20(16)26-18)15-9-7-14(21)8-10-15/h3-11H,1-2H3,(H,22,25). The molecule has 2 heterocycles. The Balaban J connectivity index is 1.72. The van der Waals surface area contributed by atoms with E-state index in [4.69, 9.17) is 0 Å². The summed E-state index contributed by atoms with van der Waals surface area (Å²) in [5.41, 5.74) is 3.40. The average molecular weight is 365 g/mol. The predicted octanol–water partition coefficient (Wildman–Crippen LogP) is 5.10. The Kier molecular flexibility index (Phi) is 4.05. The van der Waals surface area contributed by atoms with E-state index in [9.17, 15) is 9.18 Å². The van der Waals surface area contributed by atoms with Crippen LogP contribution in [0.5, 0.6) is 0 Å². The zero-order chi connectivity index (χ0) is 18.3. The second-order valence-corrected chi connectivity index (χ2v) is 7.10. The fourth-order valence-electron chi connectivity index (χ4n) is 2.81. The van der Waals surface area contributed by atoms with Gasteiger partial charge < -0.3 is 5.32 Å². The summed E-state index contributed by atoms with van der Waals surface area (Å²) in [4.78, 5) is 14.1. The molecule has 0 saturated heterocycles. The summed E-state index contributed by atoms with van der Waals surface area (Å²) in [5, 5.41) is 8.40. The molecule has 4 rings (SSSR count). The Labute approximate surface area is 153 Å². The smallest absolute Gasteiger partial charge is 0.265 e. The van der Waals surface area contributed by atoms with Gasteiger partial charge in [-0.15, -0.1) is 11.3 Å². The minimum atomic E-state index is -0.293. The highest BCUT2D eigenvalue weighted by Gasteiger charge is 2.17. The van der Waals surface area contributed by atoms with Crippen LogP contribution in [0.25, 0.3) is 15.9 Å². The first-order chi connectivity index (χ1) is 12.5. The molecule has 4 nitrogen and oxygen atoms in total. The van der Waals surface area contributed by atoms with Crippen LogP contribution in [0.3, 0.4) is 0 Å². The van der Waals surface area contributed by atoms with Crippen molar-refractivity contribution in [3.05, 3.63) is 76.5 Å². The number of benzene rings is 2. The van der Waals surface area contributed by atoms with Gasteiger partial charge in [-0.1, -0.05) is 18.2 Å². The lowest BCUT2D eigenvalue weighted by Crippen LogP contribution is -2.11. The number of hydrogen-bond acceptors (Lipinski definition) is 3. The molecule has 0 saturated carbocycles. The number of para-hydroxylation sites is 1. The molecule has 0 aliphatic carbocycles. The lowest BCUT2D eigenvalue weighted by molar-refractivity contribution is 0.103. The summed E-state index contributed by atoms with van der Waals surface area (Å²) in [5.74, 6) is -0.441. The molecule has 0 fully saturated rings. The number of thiophene rings is 1. The van der Waals surface area contributed by atoms with Crippen LogP contribution in [0.2, 0.25) is 0 Å². The molecular weight excluding hydrogens is 349 g/mol. The van der Waals surface area contributed by atoms with Gasteiger partial charge in [0, 0.05) is 11.1 Å². The predicted molar refractivity (Wildman–Crippen MR) is 103 cm³/mol. The number of hydrogen-bond donors (Lipinski definition) is 1. The van der Waals surface area contributed by atoms with Crippen molar-refractivity contribution in [1.29, 1.82) is 0 Å². The van der Waals surface area contributed by atoms with Gasteiger partial charge in [0.2, 0.25) is 0 Å². The van der Waals surface area contributed by atoms with Gasteiger partial charge in [0.05, 0.1) is 16.3 Å². The molecule has 130 valence electrons. The van der Waals surface area contributed by atoms with E-state index in [-0.39, 0.29) is 11.7 Å². The lowest BCUT2D eigenvalue weighted by Gasteiger charge is -2.06. The first-order valence-corrected chi connectivity index (χ1v) is 8.96. The first kappa shape index (κ1) is 16.5. The van der Waals surface area contributed by atoms with Crippen LogP contribution in [-0.4, -0.2) is 15.7 Å². The van der Waals surface area contributed by atoms with Crippen LogP contribution in [0.15, 0.2) is 54.6 Å². The van der Waals surface area contributed by atoms with E-state index in [1.807, 2.05) is 44.2 Å². The van der Waals surface area contributed by atoms with Gasteiger partial charge in [-0.25, -0.2) is 9.07 Å². The van der Waals surface area contributed by atoms with Gasteiger partial charge in [0.1, 0.15) is 10.6 Å². The van der Waals surface area contributed by atoms with Gasteiger partial charge in [0.25, 0.3) is 5.91 Å². The van der Waals surface area contributed by atoms with Crippen LogP contribution in [-0.2, 0) is 0 Å².